The number of pyridine rings is 1. The third kappa shape index (κ3) is 3.61. The van der Waals surface area contributed by atoms with Gasteiger partial charge in [0.2, 0.25) is 0 Å². The zero-order valence-electron chi connectivity index (χ0n) is 11.5. The molecule has 22 heavy (non-hydrogen) atoms. The van der Waals surface area contributed by atoms with E-state index in [0.29, 0.717) is 29.0 Å². The highest BCUT2D eigenvalue weighted by atomic mass is 79.9. The van der Waals surface area contributed by atoms with Gasteiger partial charge >= 0.3 is 0 Å². The lowest BCUT2D eigenvalue weighted by atomic mass is 10.2. The number of nitrogens with zero attached hydrogens (tertiary/aromatic N) is 3. The first-order valence-electron chi connectivity index (χ1n) is 6.65. The maximum Gasteiger partial charge on any atom is 0.181 e. The maximum absolute atomic E-state index is 6.08. The molecule has 1 N–H and O–H groups in total. The topological polar surface area (TPSA) is 50.7 Å². The normalized spacial score (nSPS) is 10.5. The van der Waals surface area contributed by atoms with Crippen LogP contribution in [0.1, 0.15) is 5.56 Å². The number of aromatic nitrogens is 3. The summed E-state index contributed by atoms with van der Waals surface area (Å²) in [4.78, 5) is 12.9. The van der Waals surface area contributed by atoms with Crippen LogP contribution in [-0.4, -0.2) is 15.0 Å². The minimum absolute atomic E-state index is 0.380. The summed E-state index contributed by atoms with van der Waals surface area (Å²) >= 11 is 9.61. The Morgan fingerprint density at radius 3 is 2.64 bits per heavy atom. The van der Waals surface area contributed by atoms with Crippen LogP contribution < -0.4 is 5.32 Å². The van der Waals surface area contributed by atoms with E-state index < -0.39 is 0 Å². The number of anilines is 1. The Bertz CT molecular complexity index is 780. The third-order valence-corrected chi connectivity index (χ3v) is 3.97. The molecule has 0 saturated carbocycles. The molecule has 3 rings (SSSR count). The van der Waals surface area contributed by atoms with Gasteiger partial charge in [-0.25, -0.2) is 9.97 Å². The van der Waals surface area contributed by atoms with Crippen LogP contribution in [0.5, 0.6) is 0 Å². The predicted octanol–water partition coefficient (Wildman–Crippen LogP) is 4.57. The van der Waals surface area contributed by atoms with Gasteiger partial charge in [0.25, 0.3) is 0 Å². The van der Waals surface area contributed by atoms with Gasteiger partial charge in [0.05, 0.1) is 0 Å². The molecule has 0 aliphatic carbocycles. The number of benzene rings is 1. The molecule has 2 aromatic heterocycles. The Hall–Kier alpha value is -1.98. The van der Waals surface area contributed by atoms with Crippen molar-refractivity contribution in [1.29, 1.82) is 0 Å². The third-order valence-electron chi connectivity index (χ3n) is 3.01. The highest BCUT2D eigenvalue weighted by Gasteiger charge is 2.07. The first-order valence-corrected chi connectivity index (χ1v) is 7.83. The molecule has 3 aromatic rings. The van der Waals surface area contributed by atoms with Crippen LogP contribution in [0.15, 0.2) is 59.2 Å². The van der Waals surface area contributed by atoms with Gasteiger partial charge in [0, 0.05) is 23.3 Å². The van der Waals surface area contributed by atoms with E-state index in [9.17, 15) is 0 Å². The molecule has 1 aromatic carbocycles. The highest BCUT2D eigenvalue weighted by Crippen LogP contribution is 2.20. The Morgan fingerprint density at radius 1 is 1.05 bits per heavy atom. The monoisotopic (exact) mass is 374 g/mol. The van der Waals surface area contributed by atoms with Crippen molar-refractivity contribution in [2.45, 2.75) is 6.54 Å². The minimum Gasteiger partial charge on any atom is -0.366 e. The van der Waals surface area contributed by atoms with Crippen LogP contribution >= 0.6 is 27.5 Å². The molecule has 0 unspecified atom stereocenters. The van der Waals surface area contributed by atoms with Crippen LogP contribution in [0.25, 0.3) is 11.5 Å². The van der Waals surface area contributed by atoms with Gasteiger partial charge in [-0.1, -0.05) is 51.8 Å². The summed E-state index contributed by atoms with van der Waals surface area (Å²) in [6.07, 6.45) is 1.70. The SMILES string of the molecule is Clc1cc(NCc2ccccc2Br)nc(-c2ccccn2)n1. The van der Waals surface area contributed by atoms with Crippen molar-refractivity contribution in [2.75, 3.05) is 5.32 Å². The van der Waals surface area contributed by atoms with Crippen LogP contribution in [0.2, 0.25) is 5.15 Å². The number of hydrogen-bond acceptors (Lipinski definition) is 4. The van der Waals surface area contributed by atoms with E-state index in [1.54, 1.807) is 12.3 Å². The lowest BCUT2D eigenvalue weighted by Crippen LogP contribution is -2.04. The summed E-state index contributed by atoms with van der Waals surface area (Å²) in [5.74, 6) is 1.17. The molecule has 4 nitrogen and oxygen atoms in total. The largest absolute Gasteiger partial charge is 0.366 e. The van der Waals surface area contributed by atoms with Crippen LogP contribution in [0, 0.1) is 0 Å². The van der Waals surface area contributed by atoms with Crippen molar-refractivity contribution in [3.8, 4) is 11.5 Å². The molecule has 0 aliphatic rings. The van der Waals surface area contributed by atoms with Crippen molar-refractivity contribution >= 4 is 33.3 Å². The zero-order valence-corrected chi connectivity index (χ0v) is 13.8. The van der Waals surface area contributed by atoms with Gasteiger partial charge in [0.15, 0.2) is 5.82 Å². The molecule has 0 radical (unpaired) electrons. The Morgan fingerprint density at radius 2 is 1.86 bits per heavy atom. The number of hydrogen-bond donors (Lipinski definition) is 1. The molecule has 0 spiro atoms. The van der Waals surface area contributed by atoms with Gasteiger partial charge in [0.1, 0.15) is 16.7 Å². The van der Waals surface area contributed by atoms with Crippen molar-refractivity contribution < 1.29 is 0 Å². The fourth-order valence-electron chi connectivity index (χ4n) is 1.95. The fourth-order valence-corrected chi connectivity index (χ4v) is 2.55. The van der Waals surface area contributed by atoms with Crippen molar-refractivity contribution in [3.63, 3.8) is 0 Å². The molecule has 0 fully saturated rings. The predicted molar refractivity (Wildman–Crippen MR) is 91.7 cm³/mol. The molecule has 0 amide bonds. The van der Waals surface area contributed by atoms with Crippen LogP contribution in [0.4, 0.5) is 5.82 Å². The summed E-state index contributed by atoms with van der Waals surface area (Å²) in [5, 5.41) is 3.64. The summed E-state index contributed by atoms with van der Waals surface area (Å²) in [6.45, 7) is 0.635. The average Bonchev–Trinajstić information content (AvgIpc) is 2.54. The van der Waals surface area contributed by atoms with Crippen LogP contribution in [-0.2, 0) is 6.54 Å². The molecule has 2 heterocycles. The number of nitrogens with one attached hydrogen (secondary N) is 1. The highest BCUT2D eigenvalue weighted by molar-refractivity contribution is 9.10. The summed E-state index contributed by atoms with van der Waals surface area (Å²) in [6, 6.07) is 15.3. The second kappa shape index (κ2) is 6.85. The quantitative estimate of drug-likeness (QED) is 0.679. The first-order chi connectivity index (χ1) is 10.7. The average molecular weight is 376 g/mol. The van der Waals surface area contributed by atoms with Gasteiger partial charge in [-0.2, -0.15) is 0 Å². The molecule has 110 valence electrons. The summed E-state index contributed by atoms with van der Waals surface area (Å²) < 4.78 is 1.05. The molecule has 0 bridgehead atoms. The van der Waals surface area contributed by atoms with E-state index in [4.69, 9.17) is 11.6 Å². The van der Waals surface area contributed by atoms with E-state index in [-0.39, 0.29) is 0 Å². The first kappa shape index (κ1) is 14.9. The zero-order chi connectivity index (χ0) is 15.4. The fraction of sp³-hybridized carbons (Fsp3) is 0.0625. The Labute approximate surface area is 141 Å². The summed E-state index contributed by atoms with van der Waals surface area (Å²) in [7, 11) is 0. The second-order valence-corrected chi connectivity index (χ2v) is 5.80. The molecule has 0 aliphatic heterocycles. The second-order valence-electron chi connectivity index (χ2n) is 4.56. The Kier molecular flexibility index (Phi) is 4.65. The molecule has 0 atom stereocenters. The van der Waals surface area contributed by atoms with E-state index in [0.717, 1.165) is 10.0 Å². The smallest absolute Gasteiger partial charge is 0.181 e. The van der Waals surface area contributed by atoms with E-state index >= 15 is 0 Å². The van der Waals surface area contributed by atoms with Crippen molar-refractivity contribution in [3.05, 3.63) is 69.9 Å². The van der Waals surface area contributed by atoms with Gasteiger partial charge < -0.3 is 5.32 Å². The number of rotatable bonds is 4. The van der Waals surface area contributed by atoms with Gasteiger partial charge in [-0.05, 0) is 23.8 Å². The van der Waals surface area contributed by atoms with E-state index in [1.807, 2.05) is 42.5 Å². The molecule has 0 saturated heterocycles. The van der Waals surface area contributed by atoms with Crippen molar-refractivity contribution in [1.82, 2.24) is 15.0 Å². The lowest BCUT2D eigenvalue weighted by Gasteiger charge is -2.09. The molecule has 6 heteroatoms. The minimum atomic E-state index is 0.380. The maximum atomic E-state index is 6.08. The number of halogens is 2. The Balaban J connectivity index is 1.83. The van der Waals surface area contributed by atoms with E-state index in [2.05, 4.69) is 36.2 Å². The van der Waals surface area contributed by atoms with Crippen LogP contribution in [0.3, 0.4) is 0 Å². The lowest BCUT2D eigenvalue weighted by molar-refractivity contribution is 1.07. The molecular weight excluding hydrogens is 364 g/mol. The van der Waals surface area contributed by atoms with Crippen molar-refractivity contribution in [2.24, 2.45) is 0 Å². The standard InChI is InChI=1S/C16H12BrClN4/c17-12-6-2-1-5-11(12)10-20-15-9-14(18)21-16(22-15)13-7-3-4-8-19-13/h1-9H,10H2,(H,20,21,22). The molecular formula is C16H12BrClN4. The summed E-state index contributed by atoms with van der Waals surface area (Å²) in [5.41, 5.74) is 1.82. The van der Waals surface area contributed by atoms with Gasteiger partial charge in [-0.15, -0.1) is 0 Å². The van der Waals surface area contributed by atoms with Gasteiger partial charge in [-0.3, -0.25) is 4.98 Å². The van der Waals surface area contributed by atoms with E-state index in [1.165, 1.54) is 0 Å².